The first-order chi connectivity index (χ1) is 9.65. The Bertz CT molecular complexity index is 548. The van der Waals surface area contributed by atoms with E-state index in [9.17, 15) is 4.79 Å². The summed E-state index contributed by atoms with van der Waals surface area (Å²) in [6, 6.07) is 3.94. The molecule has 0 saturated heterocycles. The molecule has 0 aliphatic rings. The van der Waals surface area contributed by atoms with E-state index in [1.165, 1.54) is 0 Å². The molecule has 108 valence electrons. The summed E-state index contributed by atoms with van der Waals surface area (Å²) < 4.78 is 1.97. The Kier molecular flexibility index (Phi) is 5.17. The topological polar surface area (TPSA) is 59.0 Å². The van der Waals surface area contributed by atoms with Crippen molar-refractivity contribution in [3.63, 3.8) is 0 Å². The Morgan fingerprint density at radius 3 is 2.90 bits per heavy atom. The van der Waals surface area contributed by atoms with E-state index in [1.54, 1.807) is 11.3 Å². The molecule has 0 saturated carbocycles. The highest BCUT2D eigenvalue weighted by molar-refractivity contribution is 7.07. The molecule has 0 aliphatic heterocycles. The van der Waals surface area contributed by atoms with Crippen LogP contribution in [0, 0.1) is 13.8 Å². The molecule has 2 amide bonds. The monoisotopic (exact) mass is 292 g/mol. The van der Waals surface area contributed by atoms with E-state index in [4.69, 9.17) is 0 Å². The van der Waals surface area contributed by atoms with Crippen LogP contribution in [-0.4, -0.2) is 22.4 Å². The Hall–Kier alpha value is -1.82. The number of hydrogen-bond acceptors (Lipinski definition) is 3. The van der Waals surface area contributed by atoms with Crippen LogP contribution in [0.15, 0.2) is 22.9 Å². The Labute approximate surface area is 123 Å². The van der Waals surface area contributed by atoms with Crippen LogP contribution in [-0.2, 0) is 13.1 Å². The van der Waals surface area contributed by atoms with Crippen molar-refractivity contribution in [3.8, 4) is 0 Å². The first-order valence-electron chi connectivity index (χ1n) is 6.69. The smallest absolute Gasteiger partial charge is 0.315 e. The van der Waals surface area contributed by atoms with Crippen LogP contribution in [0.5, 0.6) is 0 Å². The van der Waals surface area contributed by atoms with E-state index in [-0.39, 0.29) is 6.03 Å². The fourth-order valence-corrected chi connectivity index (χ4v) is 2.64. The minimum atomic E-state index is -0.121. The number of urea groups is 1. The lowest BCUT2D eigenvalue weighted by molar-refractivity contribution is 0.240. The lowest BCUT2D eigenvalue weighted by atomic mass is 10.3. The van der Waals surface area contributed by atoms with Gasteiger partial charge in [-0.05, 0) is 48.7 Å². The third-order valence-corrected chi connectivity index (χ3v) is 3.70. The first-order valence-corrected chi connectivity index (χ1v) is 7.63. The van der Waals surface area contributed by atoms with Gasteiger partial charge in [0.15, 0.2) is 0 Å². The number of carbonyl (C=O) groups excluding carboxylic acids is 1. The molecular formula is C14H20N4OS. The molecule has 0 aliphatic carbocycles. The number of aromatic nitrogens is 2. The Morgan fingerprint density at radius 2 is 2.25 bits per heavy atom. The van der Waals surface area contributed by atoms with Gasteiger partial charge < -0.3 is 10.6 Å². The van der Waals surface area contributed by atoms with Crippen molar-refractivity contribution in [2.24, 2.45) is 0 Å². The van der Waals surface area contributed by atoms with Crippen molar-refractivity contribution in [2.45, 2.75) is 33.4 Å². The van der Waals surface area contributed by atoms with Gasteiger partial charge >= 0.3 is 6.03 Å². The zero-order chi connectivity index (χ0) is 14.4. The van der Waals surface area contributed by atoms with Crippen molar-refractivity contribution in [2.75, 3.05) is 6.54 Å². The Morgan fingerprint density at radius 1 is 1.40 bits per heavy atom. The molecule has 0 atom stereocenters. The maximum atomic E-state index is 11.6. The van der Waals surface area contributed by atoms with Crippen molar-refractivity contribution in [3.05, 3.63) is 39.8 Å². The van der Waals surface area contributed by atoms with Gasteiger partial charge in [0.05, 0.1) is 5.69 Å². The van der Waals surface area contributed by atoms with Crippen molar-refractivity contribution < 1.29 is 4.79 Å². The molecule has 2 rings (SSSR count). The molecule has 20 heavy (non-hydrogen) atoms. The normalized spacial score (nSPS) is 10.5. The second kappa shape index (κ2) is 7.09. The number of carbonyl (C=O) groups is 1. The summed E-state index contributed by atoms with van der Waals surface area (Å²) in [5, 5.41) is 14.1. The molecule has 2 aromatic rings. The molecule has 0 aromatic carbocycles. The number of nitrogens with one attached hydrogen (secondary N) is 2. The minimum Gasteiger partial charge on any atom is -0.338 e. The standard InChI is InChI=1S/C14H20N4OS/c1-11-8-12(2)18(17-11)6-3-5-15-14(19)16-9-13-4-7-20-10-13/h4,7-8,10H,3,5-6,9H2,1-2H3,(H2,15,16,19). The highest BCUT2D eigenvalue weighted by Crippen LogP contribution is 2.04. The van der Waals surface area contributed by atoms with Gasteiger partial charge in [-0.3, -0.25) is 4.68 Å². The number of nitrogens with zero attached hydrogens (tertiary/aromatic N) is 2. The molecule has 0 unspecified atom stereocenters. The van der Waals surface area contributed by atoms with Crippen LogP contribution < -0.4 is 10.6 Å². The maximum Gasteiger partial charge on any atom is 0.315 e. The quantitative estimate of drug-likeness (QED) is 0.803. The lowest BCUT2D eigenvalue weighted by Crippen LogP contribution is -2.35. The summed E-state index contributed by atoms with van der Waals surface area (Å²) >= 11 is 1.63. The van der Waals surface area contributed by atoms with Crippen LogP contribution in [0.25, 0.3) is 0 Å². The molecular weight excluding hydrogens is 272 g/mol. The van der Waals surface area contributed by atoms with Crippen LogP contribution in [0.3, 0.4) is 0 Å². The van der Waals surface area contributed by atoms with Crippen molar-refractivity contribution in [1.29, 1.82) is 0 Å². The first kappa shape index (κ1) is 14.6. The second-order valence-corrected chi connectivity index (χ2v) is 5.52. The SMILES string of the molecule is Cc1cc(C)n(CCCNC(=O)NCc2ccsc2)n1. The van der Waals surface area contributed by atoms with E-state index in [2.05, 4.69) is 21.8 Å². The van der Waals surface area contributed by atoms with Gasteiger partial charge in [0, 0.05) is 25.3 Å². The van der Waals surface area contributed by atoms with Crippen molar-refractivity contribution >= 4 is 17.4 Å². The molecule has 5 nitrogen and oxygen atoms in total. The molecule has 0 fully saturated rings. The zero-order valence-corrected chi connectivity index (χ0v) is 12.7. The minimum absolute atomic E-state index is 0.121. The van der Waals surface area contributed by atoms with Crippen LogP contribution >= 0.6 is 11.3 Å². The molecule has 0 radical (unpaired) electrons. The zero-order valence-electron chi connectivity index (χ0n) is 11.8. The summed E-state index contributed by atoms with van der Waals surface area (Å²) in [5.74, 6) is 0. The number of amides is 2. The highest BCUT2D eigenvalue weighted by Gasteiger charge is 2.02. The van der Waals surface area contributed by atoms with Crippen molar-refractivity contribution in [1.82, 2.24) is 20.4 Å². The predicted octanol–water partition coefficient (Wildman–Crippen LogP) is 2.45. The van der Waals surface area contributed by atoms with Crippen LogP contribution in [0.4, 0.5) is 4.79 Å². The highest BCUT2D eigenvalue weighted by atomic mass is 32.1. The molecule has 2 heterocycles. The van der Waals surface area contributed by atoms with Crippen LogP contribution in [0.2, 0.25) is 0 Å². The third kappa shape index (κ3) is 4.38. The predicted molar refractivity (Wildman–Crippen MR) is 80.9 cm³/mol. The summed E-state index contributed by atoms with van der Waals surface area (Å²) in [7, 11) is 0. The summed E-state index contributed by atoms with van der Waals surface area (Å²) in [6.45, 7) is 6.08. The largest absolute Gasteiger partial charge is 0.338 e. The number of rotatable bonds is 6. The third-order valence-electron chi connectivity index (χ3n) is 2.97. The van der Waals surface area contributed by atoms with E-state index in [1.807, 2.05) is 35.4 Å². The summed E-state index contributed by atoms with van der Waals surface area (Å²) in [6.07, 6.45) is 0.869. The van der Waals surface area contributed by atoms with Gasteiger partial charge in [0.25, 0.3) is 0 Å². The van der Waals surface area contributed by atoms with Gasteiger partial charge in [-0.25, -0.2) is 4.79 Å². The van der Waals surface area contributed by atoms with Gasteiger partial charge in [0.1, 0.15) is 0 Å². The number of hydrogen-bond donors (Lipinski definition) is 2. The average Bonchev–Trinajstić information content (AvgIpc) is 3.02. The fourth-order valence-electron chi connectivity index (χ4n) is 1.97. The average molecular weight is 292 g/mol. The molecule has 2 N–H and O–H groups in total. The number of aryl methyl sites for hydroxylation is 3. The lowest BCUT2D eigenvalue weighted by Gasteiger charge is -2.07. The van der Waals surface area contributed by atoms with E-state index < -0.39 is 0 Å². The number of thiophene rings is 1. The fraction of sp³-hybridized carbons (Fsp3) is 0.429. The Balaban J connectivity index is 1.61. The van der Waals surface area contributed by atoms with Gasteiger partial charge in [-0.1, -0.05) is 0 Å². The van der Waals surface area contributed by atoms with Gasteiger partial charge in [-0.2, -0.15) is 16.4 Å². The van der Waals surface area contributed by atoms with E-state index in [0.29, 0.717) is 13.1 Å². The summed E-state index contributed by atoms with van der Waals surface area (Å²) in [5.41, 5.74) is 3.32. The van der Waals surface area contributed by atoms with Gasteiger partial charge in [-0.15, -0.1) is 0 Å². The van der Waals surface area contributed by atoms with E-state index >= 15 is 0 Å². The molecule has 2 aromatic heterocycles. The molecule has 0 bridgehead atoms. The van der Waals surface area contributed by atoms with Crippen LogP contribution in [0.1, 0.15) is 23.4 Å². The molecule has 0 spiro atoms. The second-order valence-electron chi connectivity index (χ2n) is 4.74. The molecule has 6 heteroatoms. The van der Waals surface area contributed by atoms with E-state index in [0.717, 1.165) is 29.9 Å². The van der Waals surface area contributed by atoms with Gasteiger partial charge in [0.2, 0.25) is 0 Å². The maximum absolute atomic E-state index is 11.6. The summed E-state index contributed by atoms with van der Waals surface area (Å²) in [4.78, 5) is 11.6.